The largest absolute Gasteiger partial charge is 0.481 e. The maximum atomic E-state index is 12.6. The third-order valence-corrected chi connectivity index (χ3v) is 7.31. The number of nitrogens with one attached hydrogen (secondary N) is 3. The Labute approximate surface area is 214 Å². The van der Waals surface area contributed by atoms with Crippen LogP contribution in [-0.2, 0) is 4.79 Å². The van der Waals surface area contributed by atoms with Crippen molar-refractivity contribution in [2.24, 2.45) is 11.8 Å². The monoisotopic (exact) mass is 502 g/mol. The Morgan fingerprint density at radius 1 is 1.14 bits per heavy atom. The summed E-state index contributed by atoms with van der Waals surface area (Å²) in [5.41, 5.74) is 2.04. The molecule has 2 aromatic heterocycles. The summed E-state index contributed by atoms with van der Waals surface area (Å²) in [7, 11) is 0. The molecule has 0 bridgehead atoms. The number of aromatic amines is 1. The van der Waals surface area contributed by atoms with Crippen LogP contribution in [0.25, 0.3) is 15.7 Å². The number of nitrogens with zero attached hydrogens (tertiary/aromatic N) is 5. The average molecular weight is 503 g/mol. The number of benzene rings is 1. The first-order chi connectivity index (χ1) is 18.0. The fourth-order valence-corrected chi connectivity index (χ4v) is 5.22. The molecule has 2 atom stereocenters. The fourth-order valence-electron chi connectivity index (χ4n) is 5.22. The molecule has 2 unspecified atom stereocenters. The van der Waals surface area contributed by atoms with Crippen molar-refractivity contribution in [2.75, 3.05) is 36.4 Å². The summed E-state index contributed by atoms with van der Waals surface area (Å²) in [4.78, 5) is 38.6. The number of H-pyrrole nitrogens is 1. The lowest BCUT2D eigenvalue weighted by Crippen LogP contribution is -2.35. The lowest BCUT2D eigenvalue weighted by Gasteiger charge is -2.30. The highest BCUT2D eigenvalue weighted by atomic mass is 16.4. The zero-order valence-corrected chi connectivity index (χ0v) is 20.5. The van der Waals surface area contributed by atoms with Gasteiger partial charge in [-0.3, -0.25) is 9.59 Å². The number of hydrogen-bond donors (Lipinski definition) is 4. The van der Waals surface area contributed by atoms with Gasteiger partial charge in [-0.2, -0.15) is 10.1 Å². The SMILES string of the molecule is [C-]#[N+]CC1CCN(c2nc(Nc3ccc(C4CCC(CC(=O)O)CN4)cc3)c3c(=O)[nH]ncc3n2)CC1. The lowest BCUT2D eigenvalue weighted by atomic mass is 9.89. The Hall–Kier alpha value is -4.04. The van der Waals surface area contributed by atoms with Crippen LogP contribution in [0.1, 0.15) is 43.7 Å². The zero-order valence-electron chi connectivity index (χ0n) is 20.5. The van der Waals surface area contributed by atoms with Crippen LogP contribution in [0.4, 0.5) is 17.5 Å². The first-order valence-electron chi connectivity index (χ1n) is 12.7. The molecule has 2 saturated heterocycles. The van der Waals surface area contributed by atoms with E-state index in [1.54, 1.807) is 0 Å². The minimum absolute atomic E-state index is 0.168. The number of carboxylic acids is 1. The molecule has 4 heterocycles. The molecule has 11 heteroatoms. The third kappa shape index (κ3) is 5.70. The first-order valence-corrected chi connectivity index (χ1v) is 12.7. The molecule has 192 valence electrons. The standard InChI is InChI=1S/C26H30N8O3/c1-27-13-16-8-10-34(11-9-16)26-31-21-15-29-33-25(37)23(21)24(32-26)30-19-5-3-18(4-6-19)20-7-2-17(14-28-20)12-22(35)36/h3-6,15-17,20,28H,2,7-14H2,(H,33,37)(H,35,36)(H,30,31,32). The van der Waals surface area contributed by atoms with Crippen LogP contribution in [0.5, 0.6) is 0 Å². The van der Waals surface area contributed by atoms with Crippen molar-refractivity contribution in [1.82, 2.24) is 25.5 Å². The Bertz CT molecular complexity index is 1350. The number of fused-ring (bicyclic) bond motifs is 1. The number of piperidine rings is 2. The molecule has 5 rings (SSSR count). The van der Waals surface area contributed by atoms with Gasteiger partial charge >= 0.3 is 5.97 Å². The van der Waals surface area contributed by atoms with Crippen LogP contribution in [0.15, 0.2) is 35.3 Å². The Kier molecular flexibility index (Phi) is 7.28. The topological polar surface area (TPSA) is 140 Å². The highest BCUT2D eigenvalue weighted by molar-refractivity contribution is 5.90. The molecule has 0 saturated carbocycles. The number of aliphatic carboxylic acids is 1. The van der Waals surface area contributed by atoms with Crippen LogP contribution in [0.2, 0.25) is 0 Å². The fraction of sp³-hybridized carbons (Fsp3) is 0.462. The average Bonchev–Trinajstić information content (AvgIpc) is 2.90. The van der Waals surface area contributed by atoms with Gasteiger partial charge < -0.3 is 25.5 Å². The van der Waals surface area contributed by atoms with Gasteiger partial charge in [-0.1, -0.05) is 12.1 Å². The smallest absolute Gasteiger partial charge is 0.303 e. The third-order valence-electron chi connectivity index (χ3n) is 7.31. The highest BCUT2D eigenvalue weighted by Crippen LogP contribution is 2.30. The molecule has 11 nitrogen and oxygen atoms in total. The molecule has 4 N–H and O–H groups in total. The summed E-state index contributed by atoms with van der Waals surface area (Å²) in [6, 6.07) is 8.18. The van der Waals surface area contributed by atoms with E-state index in [0.29, 0.717) is 41.7 Å². The second-order valence-corrected chi connectivity index (χ2v) is 9.85. The van der Waals surface area contributed by atoms with Crippen LogP contribution in [0.3, 0.4) is 0 Å². The van der Waals surface area contributed by atoms with Crippen molar-refractivity contribution in [3.63, 3.8) is 0 Å². The summed E-state index contributed by atoms with van der Waals surface area (Å²) >= 11 is 0. The summed E-state index contributed by atoms with van der Waals surface area (Å²) in [6.07, 6.45) is 5.33. The van der Waals surface area contributed by atoms with E-state index in [1.165, 1.54) is 6.20 Å². The van der Waals surface area contributed by atoms with E-state index in [4.69, 9.17) is 16.7 Å². The van der Waals surface area contributed by atoms with Gasteiger partial charge in [-0.05, 0) is 55.8 Å². The summed E-state index contributed by atoms with van der Waals surface area (Å²) in [5.74, 6) is 0.785. The molecule has 2 fully saturated rings. The second kappa shape index (κ2) is 10.9. The molecule has 0 radical (unpaired) electrons. The van der Waals surface area contributed by atoms with E-state index in [-0.39, 0.29) is 23.9 Å². The van der Waals surface area contributed by atoms with Gasteiger partial charge in [-0.25, -0.2) is 16.7 Å². The summed E-state index contributed by atoms with van der Waals surface area (Å²) < 4.78 is 0. The number of rotatable bonds is 7. The maximum Gasteiger partial charge on any atom is 0.303 e. The molecule has 3 aromatic rings. The van der Waals surface area contributed by atoms with Crippen molar-refractivity contribution in [3.8, 4) is 0 Å². The van der Waals surface area contributed by atoms with Crippen molar-refractivity contribution in [3.05, 3.63) is 57.8 Å². The Morgan fingerprint density at radius 3 is 2.59 bits per heavy atom. The van der Waals surface area contributed by atoms with Crippen LogP contribution in [-0.4, -0.2) is 57.4 Å². The van der Waals surface area contributed by atoms with Gasteiger partial charge in [0.2, 0.25) is 12.5 Å². The Morgan fingerprint density at radius 2 is 1.92 bits per heavy atom. The summed E-state index contributed by atoms with van der Waals surface area (Å²) in [5, 5.41) is 22.5. The first kappa shape index (κ1) is 24.6. The van der Waals surface area contributed by atoms with Crippen molar-refractivity contribution in [2.45, 2.75) is 38.1 Å². The number of anilines is 3. The highest BCUT2D eigenvalue weighted by Gasteiger charge is 2.25. The molecule has 0 aliphatic carbocycles. The van der Waals surface area contributed by atoms with E-state index >= 15 is 0 Å². The quantitative estimate of drug-likeness (QED) is 0.359. The molecular weight excluding hydrogens is 472 g/mol. The van der Waals surface area contributed by atoms with Crippen LogP contribution < -0.4 is 21.1 Å². The van der Waals surface area contributed by atoms with Crippen molar-refractivity contribution < 1.29 is 9.90 Å². The number of hydrogen-bond acceptors (Lipinski definition) is 8. The molecule has 2 aliphatic heterocycles. The van der Waals surface area contributed by atoms with E-state index in [0.717, 1.165) is 50.0 Å². The van der Waals surface area contributed by atoms with Crippen molar-refractivity contribution in [1.29, 1.82) is 0 Å². The van der Waals surface area contributed by atoms with Crippen LogP contribution in [0, 0.1) is 18.4 Å². The van der Waals surface area contributed by atoms with Gasteiger partial charge in [0.15, 0.2) is 0 Å². The molecular formula is C26H30N8O3. The molecule has 0 spiro atoms. The maximum absolute atomic E-state index is 12.6. The predicted octanol–water partition coefficient (Wildman–Crippen LogP) is 3.11. The van der Waals surface area contributed by atoms with Gasteiger partial charge in [-0.15, -0.1) is 0 Å². The second-order valence-electron chi connectivity index (χ2n) is 9.85. The lowest BCUT2D eigenvalue weighted by molar-refractivity contribution is -0.138. The molecule has 37 heavy (non-hydrogen) atoms. The van der Waals surface area contributed by atoms with E-state index < -0.39 is 5.97 Å². The minimum Gasteiger partial charge on any atom is -0.481 e. The number of carbonyl (C=O) groups is 1. The van der Waals surface area contributed by atoms with Gasteiger partial charge in [0.05, 0.1) is 6.20 Å². The summed E-state index contributed by atoms with van der Waals surface area (Å²) in [6.45, 7) is 9.88. The van der Waals surface area contributed by atoms with Gasteiger partial charge in [0, 0.05) is 37.2 Å². The minimum atomic E-state index is -0.750. The van der Waals surface area contributed by atoms with Gasteiger partial charge in [0.25, 0.3) is 5.56 Å². The number of aromatic nitrogens is 4. The normalized spacial score (nSPS) is 20.5. The Balaban J connectivity index is 1.33. The zero-order chi connectivity index (χ0) is 25.8. The van der Waals surface area contributed by atoms with Crippen LogP contribution >= 0.6 is 0 Å². The van der Waals surface area contributed by atoms with E-state index in [9.17, 15) is 9.59 Å². The number of carboxylic acid groups (broad SMARTS) is 1. The van der Waals surface area contributed by atoms with E-state index in [2.05, 4.69) is 35.6 Å². The van der Waals surface area contributed by atoms with E-state index in [1.807, 2.05) is 24.3 Å². The predicted molar refractivity (Wildman–Crippen MR) is 140 cm³/mol. The molecule has 0 amide bonds. The van der Waals surface area contributed by atoms with Gasteiger partial charge in [0.1, 0.15) is 16.7 Å². The molecule has 2 aliphatic rings. The molecule has 1 aromatic carbocycles. The van der Waals surface area contributed by atoms with Crippen molar-refractivity contribution >= 4 is 34.3 Å².